The van der Waals surface area contributed by atoms with Crippen LogP contribution in [0.2, 0.25) is 0 Å². The van der Waals surface area contributed by atoms with Gasteiger partial charge in [-0.15, -0.1) is 0 Å². The van der Waals surface area contributed by atoms with Gasteiger partial charge in [-0.25, -0.2) is 0 Å². The van der Waals surface area contributed by atoms with Crippen LogP contribution in [0.1, 0.15) is 37.4 Å². The summed E-state index contributed by atoms with van der Waals surface area (Å²) in [5.41, 5.74) is -0.630. The van der Waals surface area contributed by atoms with E-state index in [1.807, 2.05) is 19.9 Å². The first kappa shape index (κ1) is 21.8. The number of carbonyl (C=O) groups excluding carboxylic acids is 2. The number of hydrogen-bond donors (Lipinski definition) is 4. The molecule has 0 bridgehead atoms. The van der Waals surface area contributed by atoms with Gasteiger partial charge < -0.3 is 15.3 Å². The van der Waals surface area contributed by atoms with Crippen LogP contribution < -0.4 is 5.32 Å². The molecule has 2 heterocycles. The molecule has 8 heteroatoms. The lowest BCUT2D eigenvalue weighted by Gasteiger charge is -2.32. The largest absolute Gasteiger partial charge is 0.508 e. The predicted octanol–water partition coefficient (Wildman–Crippen LogP) is 2.41. The van der Waals surface area contributed by atoms with Gasteiger partial charge in [-0.2, -0.15) is 0 Å². The number of amides is 2. The van der Waals surface area contributed by atoms with Gasteiger partial charge in [0.15, 0.2) is 0 Å². The number of phenolic OH excluding ortho intramolecular Hbond substituents is 2. The van der Waals surface area contributed by atoms with Gasteiger partial charge in [0.1, 0.15) is 17.0 Å². The minimum absolute atomic E-state index is 0.0527. The van der Waals surface area contributed by atoms with Gasteiger partial charge in [-0.1, -0.05) is 50.2 Å². The Balaban J connectivity index is 1.82. The molecule has 2 aromatic carbocycles. The number of carboxylic acid groups (broad SMARTS) is 1. The van der Waals surface area contributed by atoms with Crippen LogP contribution in [-0.2, 0) is 20.9 Å². The summed E-state index contributed by atoms with van der Waals surface area (Å²) >= 11 is 0. The van der Waals surface area contributed by atoms with Crippen LogP contribution in [0, 0.1) is 17.8 Å². The lowest BCUT2D eigenvalue weighted by Crippen LogP contribution is -2.56. The van der Waals surface area contributed by atoms with Crippen molar-refractivity contribution in [2.24, 2.45) is 17.8 Å². The second kappa shape index (κ2) is 7.94. The third-order valence-electron chi connectivity index (χ3n) is 6.39. The summed E-state index contributed by atoms with van der Waals surface area (Å²) in [4.78, 5) is 40.7. The van der Waals surface area contributed by atoms with E-state index in [0.717, 1.165) is 16.5 Å². The average Bonchev–Trinajstić information content (AvgIpc) is 3.18. The standard InChI is InChI=1S/C24H26N2O6/c1-13(2)11-24(23(31)32)19-18(20(25-24)16-9-8-15(27)10-17(16)28)21(29)26(22(19)30)12-14-6-4-3-5-7-14/h3-10,13,18-20,25,27-28H,11-12H2,1-2H3,(H,31,32)/t18-,19+,20-,24+/m1/s1. The molecule has 32 heavy (non-hydrogen) atoms. The van der Waals surface area contributed by atoms with Crippen molar-refractivity contribution in [1.82, 2.24) is 10.2 Å². The minimum atomic E-state index is -1.66. The Hall–Kier alpha value is -3.39. The third-order valence-corrected chi connectivity index (χ3v) is 6.39. The van der Waals surface area contributed by atoms with Crippen LogP contribution in [0.15, 0.2) is 48.5 Å². The quantitative estimate of drug-likeness (QED) is 0.510. The van der Waals surface area contributed by atoms with Crippen LogP contribution in [0.3, 0.4) is 0 Å². The van der Waals surface area contributed by atoms with Gasteiger partial charge in [0.25, 0.3) is 0 Å². The Kier molecular flexibility index (Phi) is 5.42. The molecule has 168 valence electrons. The number of nitrogens with one attached hydrogen (secondary N) is 1. The van der Waals surface area contributed by atoms with Crippen LogP contribution in [-0.4, -0.2) is 43.5 Å². The Labute approximate surface area is 185 Å². The van der Waals surface area contributed by atoms with Crippen LogP contribution in [0.4, 0.5) is 0 Å². The molecule has 0 radical (unpaired) electrons. The first-order valence-electron chi connectivity index (χ1n) is 10.6. The van der Waals surface area contributed by atoms with Crippen molar-refractivity contribution < 1.29 is 29.7 Å². The normalized spacial score (nSPS) is 27.2. The van der Waals surface area contributed by atoms with Crippen LogP contribution >= 0.6 is 0 Å². The number of carbonyl (C=O) groups is 3. The molecule has 0 saturated carbocycles. The van der Waals surface area contributed by atoms with Gasteiger partial charge in [0, 0.05) is 17.7 Å². The molecule has 0 spiro atoms. The predicted molar refractivity (Wildman–Crippen MR) is 114 cm³/mol. The summed E-state index contributed by atoms with van der Waals surface area (Å²) < 4.78 is 0. The number of carboxylic acids is 1. The lowest BCUT2D eigenvalue weighted by molar-refractivity contribution is -0.152. The van der Waals surface area contributed by atoms with Gasteiger partial charge in [-0.3, -0.25) is 24.6 Å². The zero-order valence-electron chi connectivity index (χ0n) is 17.9. The van der Waals surface area contributed by atoms with Gasteiger partial charge in [0.05, 0.1) is 18.4 Å². The van der Waals surface area contributed by atoms with E-state index >= 15 is 0 Å². The first-order valence-corrected chi connectivity index (χ1v) is 10.6. The molecule has 2 fully saturated rings. The highest BCUT2D eigenvalue weighted by Crippen LogP contribution is 2.52. The summed E-state index contributed by atoms with van der Waals surface area (Å²) in [5, 5.41) is 33.5. The minimum Gasteiger partial charge on any atom is -0.508 e. The second-order valence-corrected chi connectivity index (χ2v) is 8.99. The van der Waals surface area contributed by atoms with Crippen molar-refractivity contribution in [2.75, 3.05) is 0 Å². The molecule has 0 aliphatic carbocycles. The molecule has 2 aromatic rings. The first-order chi connectivity index (χ1) is 15.2. The molecule has 0 unspecified atom stereocenters. The number of nitrogens with zero attached hydrogens (tertiary/aromatic N) is 1. The monoisotopic (exact) mass is 438 g/mol. The Morgan fingerprint density at radius 2 is 1.78 bits per heavy atom. The zero-order valence-corrected chi connectivity index (χ0v) is 17.9. The fraction of sp³-hybridized carbons (Fsp3) is 0.375. The number of imide groups is 1. The summed E-state index contributed by atoms with van der Waals surface area (Å²) in [5.74, 6) is -4.81. The number of rotatable bonds is 6. The number of hydrogen-bond acceptors (Lipinski definition) is 6. The van der Waals surface area contributed by atoms with Crippen molar-refractivity contribution in [3.05, 3.63) is 59.7 Å². The summed E-state index contributed by atoms with van der Waals surface area (Å²) in [7, 11) is 0. The van der Waals surface area contributed by atoms with E-state index < -0.39 is 41.2 Å². The third kappa shape index (κ3) is 3.40. The van der Waals surface area contributed by atoms with Crippen LogP contribution in [0.25, 0.3) is 0 Å². The SMILES string of the molecule is CC(C)C[C@]1(C(=O)O)N[C@H](c2ccc(O)cc2O)[C@@H]2C(=O)N(Cc3ccccc3)C(=O)[C@H]21. The Bertz CT molecular complexity index is 1070. The number of aromatic hydroxyl groups is 2. The smallest absolute Gasteiger partial charge is 0.324 e. The van der Waals surface area contributed by atoms with Crippen molar-refractivity contribution in [3.8, 4) is 11.5 Å². The molecular weight excluding hydrogens is 412 g/mol. The van der Waals surface area contributed by atoms with Crippen molar-refractivity contribution in [3.63, 3.8) is 0 Å². The molecular formula is C24H26N2O6. The van der Waals surface area contributed by atoms with Crippen LogP contribution in [0.5, 0.6) is 11.5 Å². The Morgan fingerprint density at radius 3 is 2.38 bits per heavy atom. The zero-order chi connectivity index (χ0) is 23.2. The molecule has 0 aromatic heterocycles. The summed E-state index contributed by atoms with van der Waals surface area (Å²) in [6, 6.07) is 12.1. The van der Waals surface area contributed by atoms with E-state index in [1.165, 1.54) is 12.1 Å². The summed E-state index contributed by atoms with van der Waals surface area (Å²) in [6.07, 6.45) is 0.136. The summed E-state index contributed by atoms with van der Waals surface area (Å²) in [6.45, 7) is 3.77. The lowest BCUT2D eigenvalue weighted by atomic mass is 9.75. The molecule has 2 aliphatic heterocycles. The molecule has 4 atom stereocenters. The maximum Gasteiger partial charge on any atom is 0.324 e. The Morgan fingerprint density at radius 1 is 1.09 bits per heavy atom. The molecule has 4 rings (SSSR count). The van der Waals surface area contributed by atoms with Crippen molar-refractivity contribution in [2.45, 2.75) is 38.4 Å². The number of likely N-dealkylation sites (tertiary alicyclic amines) is 1. The van der Waals surface area contributed by atoms with E-state index in [-0.39, 0.29) is 35.9 Å². The number of aliphatic carboxylic acids is 1. The van der Waals surface area contributed by atoms with Gasteiger partial charge in [0.2, 0.25) is 11.8 Å². The maximum absolute atomic E-state index is 13.5. The molecule has 2 amide bonds. The highest BCUT2D eigenvalue weighted by molar-refractivity contribution is 6.09. The molecule has 4 N–H and O–H groups in total. The second-order valence-electron chi connectivity index (χ2n) is 8.99. The molecule has 2 saturated heterocycles. The van der Waals surface area contributed by atoms with E-state index in [9.17, 15) is 29.7 Å². The maximum atomic E-state index is 13.5. The van der Waals surface area contributed by atoms with E-state index in [2.05, 4.69) is 5.32 Å². The van der Waals surface area contributed by atoms with E-state index in [4.69, 9.17) is 0 Å². The van der Waals surface area contributed by atoms with Gasteiger partial charge >= 0.3 is 5.97 Å². The van der Waals surface area contributed by atoms with Crippen molar-refractivity contribution in [1.29, 1.82) is 0 Å². The van der Waals surface area contributed by atoms with Gasteiger partial charge in [-0.05, 0) is 24.0 Å². The van der Waals surface area contributed by atoms with E-state index in [1.54, 1.807) is 24.3 Å². The molecule has 8 nitrogen and oxygen atoms in total. The fourth-order valence-electron chi connectivity index (χ4n) is 5.16. The number of fused-ring (bicyclic) bond motifs is 1. The fourth-order valence-corrected chi connectivity index (χ4v) is 5.16. The average molecular weight is 438 g/mol. The molecule has 2 aliphatic rings. The topological polar surface area (TPSA) is 127 Å². The van der Waals surface area contributed by atoms with Crippen molar-refractivity contribution >= 4 is 17.8 Å². The van der Waals surface area contributed by atoms with E-state index in [0.29, 0.717) is 0 Å². The highest BCUT2D eigenvalue weighted by Gasteiger charge is 2.68. The number of phenols is 2. The number of benzene rings is 2. The highest BCUT2D eigenvalue weighted by atomic mass is 16.4.